The Balaban J connectivity index is 1.46. The lowest BCUT2D eigenvalue weighted by Gasteiger charge is -2.36. The number of aryl methyl sites for hydroxylation is 1. The summed E-state index contributed by atoms with van der Waals surface area (Å²) in [6.07, 6.45) is 7.07. The second-order valence-electron chi connectivity index (χ2n) is 7.19. The summed E-state index contributed by atoms with van der Waals surface area (Å²) in [5, 5.41) is 0. The summed E-state index contributed by atoms with van der Waals surface area (Å²) < 4.78 is 0. The Hall–Kier alpha value is -2.37. The molecule has 0 N–H and O–H groups in total. The number of piperazine rings is 1. The second kappa shape index (κ2) is 7.89. The quantitative estimate of drug-likeness (QED) is 0.847. The molecule has 138 valence electrons. The highest BCUT2D eigenvalue weighted by atomic mass is 15.3. The van der Waals surface area contributed by atoms with Gasteiger partial charge in [-0.2, -0.15) is 0 Å². The van der Waals surface area contributed by atoms with Crippen molar-refractivity contribution in [1.29, 1.82) is 0 Å². The maximum atomic E-state index is 4.73. The van der Waals surface area contributed by atoms with Crippen LogP contribution in [0.1, 0.15) is 31.5 Å². The van der Waals surface area contributed by atoms with Gasteiger partial charge in [0.2, 0.25) is 0 Å². The minimum atomic E-state index is 0.869. The lowest BCUT2D eigenvalue weighted by molar-refractivity contribution is 0.639. The van der Waals surface area contributed by atoms with Crippen molar-refractivity contribution in [3.05, 3.63) is 36.3 Å². The van der Waals surface area contributed by atoms with Crippen LogP contribution in [0.25, 0.3) is 0 Å². The predicted molar refractivity (Wildman–Crippen MR) is 106 cm³/mol. The van der Waals surface area contributed by atoms with Crippen molar-refractivity contribution in [2.45, 2.75) is 32.6 Å². The van der Waals surface area contributed by atoms with Gasteiger partial charge in [-0.05, 0) is 31.9 Å². The van der Waals surface area contributed by atoms with Gasteiger partial charge in [-0.3, -0.25) is 0 Å². The highest BCUT2D eigenvalue weighted by Crippen LogP contribution is 2.23. The highest BCUT2D eigenvalue weighted by Gasteiger charge is 2.21. The molecule has 2 saturated heterocycles. The molecule has 2 aliphatic heterocycles. The van der Waals surface area contributed by atoms with Crippen LogP contribution in [0, 0.1) is 6.92 Å². The van der Waals surface area contributed by atoms with Crippen LogP contribution in [0.2, 0.25) is 0 Å². The van der Waals surface area contributed by atoms with E-state index in [1.54, 1.807) is 0 Å². The van der Waals surface area contributed by atoms with E-state index >= 15 is 0 Å². The smallest absolute Gasteiger partial charge is 0.134 e. The molecule has 0 atom stereocenters. The first-order chi connectivity index (χ1) is 12.8. The van der Waals surface area contributed by atoms with Crippen molar-refractivity contribution >= 4 is 17.5 Å². The third-order valence-corrected chi connectivity index (χ3v) is 5.32. The van der Waals surface area contributed by atoms with E-state index in [-0.39, 0.29) is 0 Å². The van der Waals surface area contributed by atoms with Gasteiger partial charge in [0.1, 0.15) is 23.3 Å². The van der Waals surface area contributed by atoms with Crippen molar-refractivity contribution in [1.82, 2.24) is 15.0 Å². The molecule has 0 amide bonds. The summed E-state index contributed by atoms with van der Waals surface area (Å²) in [6.45, 7) is 8.11. The van der Waals surface area contributed by atoms with Crippen LogP contribution in [0.15, 0.2) is 30.5 Å². The van der Waals surface area contributed by atoms with Crippen LogP contribution >= 0.6 is 0 Å². The topological polar surface area (TPSA) is 48.4 Å². The molecular formula is C20H28N6. The zero-order valence-corrected chi connectivity index (χ0v) is 15.6. The first kappa shape index (κ1) is 17.1. The molecule has 4 heterocycles. The number of hydrogen-bond donors (Lipinski definition) is 0. The van der Waals surface area contributed by atoms with Crippen molar-refractivity contribution in [2.75, 3.05) is 54.0 Å². The van der Waals surface area contributed by atoms with Gasteiger partial charge in [0.15, 0.2) is 0 Å². The second-order valence-corrected chi connectivity index (χ2v) is 7.19. The largest absolute Gasteiger partial charge is 0.356 e. The fraction of sp³-hybridized carbons (Fsp3) is 0.550. The third kappa shape index (κ3) is 3.89. The normalized spacial score (nSPS) is 18.7. The van der Waals surface area contributed by atoms with Gasteiger partial charge >= 0.3 is 0 Å². The van der Waals surface area contributed by atoms with Crippen LogP contribution in [0.4, 0.5) is 17.5 Å². The van der Waals surface area contributed by atoms with E-state index in [1.165, 1.54) is 25.7 Å². The Morgan fingerprint density at radius 2 is 1.27 bits per heavy atom. The number of aromatic nitrogens is 3. The average Bonchev–Trinajstić information content (AvgIpc) is 2.98. The Bertz CT molecular complexity index is 703. The van der Waals surface area contributed by atoms with Crippen molar-refractivity contribution in [3.8, 4) is 0 Å². The van der Waals surface area contributed by atoms with Crippen LogP contribution in [-0.2, 0) is 0 Å². The molecule has 0 aromatic carbocycles. The Kier molecular flexibility index (Phi) is 5.18. The molecule has 0 radical (unpaired) electrons. The summed E-state index contributed by atoms with van der Waals surface area (Å²) in [5.41, 5.74) is 0. The maximum Gasteiger partial charge on any atom is 0.134 e. The minimum Gasteiger partial charge on any atom is -0.356 e. The molecule has 26 heavy (non-hydrogen) atoms. The van der Waals surface area contributed by atoms with E-state index in [4.69, 9.17) is 9.97 Å². The molecule has 2 aromatic rings. The van der Waals surface area contributed by atoms with E-state index in [1.807, 2.05) is 19.2 Å². The molecule has 0 aliphatic carbocycles. The molecule has 0 spiro atoms. The van der Waals surface area contributed by atoms with Crippen molar-refractivity contribution in [3.63, 3.8) is 0 Å². The predicted octanol–water partition coefficient (Wildman–Crippen LogP) is 2.89. The summed E-state index contributed by atoms with van der Waals surface area (Å²) in [4.78, 5) is 21.1. The van der Waals surface area contributed by atoms with Crippen molar-refractivity contribution in [2.24, 2.45) is 0 Å². The van der Waals surface area contributed by atoms with E-state index in [0.29, 0.717) is 0 Å². The fourth-order valence-electron chi connectivity index (χ4n) is 3.87. The van der Waals surface area contributed by atoms with Gasteiger partial charge < -0.3 is 14.7 Å². The van der Waals surface area contributed by atoms with Gasteiger partial charge in [0.05, 0.1) is 0 Å². The number of rotatable bonds is 3. The summed E-state index contributed by atoms with van der Waals surface area (Å²) in [5.74, 6) is 4.10. The summed E-state index contributed by atoms with van der Waals surface area (Å²) in [7, 11) is 0. The van der Waals surface area contributed by atoms with Gasteiger partial charge in [0, 0.05) is 51.5 Å². The van der Waals surface area contributed by atoms with Gasteiger partial charge in [0.25, 0.3) is 0 Å². The summed E-state index contributed by atoms with van der Waals surface area (Å²) in [6, 6.07) is 8.29. The molecule has 0 saturated carbocycles. The molecule has 6 heteroatoms. The first-order valence-corrected chi connectivity index (χ1v) is 9.81. The lowest BCUT2D eigenvalue weighted by Crippen LogP contribution is -2.47. The number of anilines is 3. The maximum absolute atomic E-state index is 4.73. The zero-order chi connectivity index (χ0) is 17.8. The highest BCUT2D eigenvalue weighted by molar-refractivity contribution is 5.52. The molecule has 2 fully saturated rings. The molecule has 4 rings (SSSR count). The molecule has 0 bridgehead atoms. The van der Waals surface area contributed by atoms with E-state index < -0.39 is 0 Å². The fourth-order valence-corrected chi connectivity index (χ4v) is 3.87. The zero-order valence-electron chi connectivity index (χ0n) is 15.6. The van der Waals surface area contributed by atoms with E-state index in [0.717, 1.165) is 62.5 Å². The van der Waals surface area contributed by atoms with Crippen molar-refractivity contribution < 1.29 is 0 Å². The third-order valence-electron chi connectivity index (χ3n) is 5.32. The van der Waals surface area contributed by atoms with Gasteiger partial charge in [-0.25, -0.2) is 15.0 Å². The molecule has 2 aromatic heterocycles. The van der Waals surface area contributed by atoms with Gasteiger partial charge in [-0.15, -0.1) is 0 Å². The van der Waals surface area contributed by atoms with Crippen LogP contribution in [0.3, 0.4) is 0 Å². The standard InChI is InChI=1S/C20H28N6/c1-17-22-19(24-10-6-2-3-7-11-24)16-20(23-17)26-14-12-25(13-15-26)18-8-4-5-9-21-18/h4-5,8-9,16H,2-3,6-7,10-15H2,1H3. The van der Waals surface area contributed by atoms with Gasteiger partial charge in [-0.1, -0.05) is 18.9 Å². The van der Waals surface area contributed by atoms with Crippen LogP contribution in [-0.4, -0.2) is 54.2 Å². The lowest BCUT2D eigenvalue weighted by atomic mass is 10.2. The number of hydrogen-bond acceptors (Lipinski definition) is 6. The Morgan fingerprint density at radius 3 is 1.85 bits per heavy atom. The average molecular weight is 352 g/mol. The van der Waals surface area contributed by atoms with E-state index in [9.17, 15) is 0 Å². The molecule has 2 aliphatic rings. The Morgan fingerprint density at radius 1 is 0.692 bits per heavy atom. The van der Waals surface area contributed by atoms with E-state index in [2.05, 4.69) is 37.9 Å². The minimum absolute atomic E-state index is 0.869. The molecule has 0 unspecified atom stereocenters. The SMILES string of the molecule is Cc1nc(N2CCCCCC2)cc(N2CCN(c3ccccn3)CC2)n1. The van der Waals surface area contributed by atoms with Crippen LogP contribution < -0.4 is 14.7 Å². The number of nitrogens with zero attached hydrogens (tertiary/aromatic N) is 6. The monoisotopic (exact) mass is 352 g/mol. The Labute approximate surface area is 155 Å². The summed E-state index contributed by atoms with van der Waals surface area (Å²) >= 11 is 0. The molecule has 6 nitrogen and oxygen atoms in total. The first-order valence-electron chi connectivity index (χ1n) is 9.81. The molecular weight excluding hydrogens is 324 g/mol. The number of pyridine rings is 1. The van der Waals surface area contributed by atoms with Crippen LogP contribution in [0.5, 0.6) is 0 Å².